The van der Waals surface area contributed by atoms with E-state index in [1.165, 1.54) is 24.3 Å². The second kappa shape index (κ2) is 7.70. The summed E-state index contributed by atoms with van der Waals surface area (Å²) in [4.78, 5) is 13.3. The van der Waals surface area contributed by atoms with Gasteiger partial charge in [-0.3, -0.25) is 4.79 Å². The molecule has 6 nitrogen and oxygen atoms in total. The summed E-state index contributed by atoms with van der Waals surface area (Å²) in [6, 6.07) is 5.34. The minimum Gasteiger partial charge on any atom is -0.716 e. The SMILES string of the molecule is CN(C)CC(=O)c1ccc(OS(=O)(=O)[O-])cc1.[K+]. The summed E-state index contributed by atoms with van der Waals surface area (Å²) in [6.45, 7) is 0.250. The normalized spacial score (nSPS) is 10.9. The molecular formula is C10H12KNO5S. The van der Waals surface area contributed by atoms with E-state index in [2.05, 4.69) is 4.18 Å². The van der Waals surface area contributed by atoms with Crippen LogP contribution in [0.3, 0.4) is 0 Å². The molecule has 0 amide bonds. The molecule has 1 aromatic rings. The molecule has 0 N–H and O–H groups in total. The Morgan fingerprint density at radius 1 is 1.28 bits per heavy atom. The first-order valence-corrected chi connectivity index (χ1v) is 6.04. The van der Waals surface area contributed by atoms with E-state index in [-0.39, 0.29) is 69.5 Å². The summed E-state index contributed by atoms with van der Waals surface area (Å²) in [5, 5.41) is 0. The summed E-state index contributed by atoms with van der Waals surface area (Å²) < 4.78 is 35.1. The van der Waals surface area contributed by atoms with Crippen molar-refractivity contribution in [3.63, 3.8) is 0 Å². The number of likely N-dealkylation sites (N-methyl/N-ethyl adjacent to an activating group) is 1. The quantitative estimate of drug-likeness (QED) is 0.254. The van der Waals surface area contributed by atoms with E-state index in [1.807, 2.05) is 0 Å². The van der Waals surface area contributed by atoms with Gasteiger partial charge in [-0.25, -0.2) is 8.42 Å². The van der Waals surface area contributed by atoms with Crippen LogP contribution in [0.4, 0.5) is 0 Å². The van der Waals surface area contributed by atoms with Crippen LogP contribution >= 0.6 is 0 Å². The largest absolute Gasteiger partial charge is 1.00 e. The van der Waals surface area contributed by atoms with Crippen LogP contribution in [0.25, 0.3) is 0 Å². The zero-order valence-corrected chi connectivity index (χ0v) is 14.4. The van der Waals surface area contributed by atoms with Crippen LogP contribution < -0.4 is 55.6 Å². The first kappa shape index (κ1) is 18.2. The van der Waals surface area contributed by atoms with Gasteiger partial charge in [0.25, 0.3) is 10.4 Å². The number of benzene rings is 1. The first-order valence-electron chi connectivity index (χ1n) is 4.71. The Balaban J connectivity index is 0.00000289. The zero-order valence-electron chi connectivity index (χ0n) is 10.4. The number of hydrogen-bond donors (Lipinski definition) is 0. The third-order valence-corrected chi connectivity index (χ3v) is 2.23. The molecule has 0 unspecified atom stereocenters. The van der Waals surface area contributed by atoms with Crippen molar-refractivity contribution in [1.29, 1.82) is 0 Å². The van der Waals surface area contributed by atoms with Crippen LogP contribution in [0.1, 0.15) is 10.4 Å². The summed E-state index contributed by atoms with van der Waals surface area (Å²) in [6.07, 6.45) is 0. The van der Waals surface area contributed by atoms with E-state index < -0.39 is 10.4 Å². The summed E-state index contributed by atoms with van der Waals surface area (Å²) in [5.74, 6) is -0.215. The van der Waals surface area contributed by atoms with Crippen LogP contribution in [-0.4, -0.2) is 44.3 Å². The average Bonchev–Trinajstić information content (AvgIpc) is 2.15. The van der Waals surface area contributed by atoms with Gasteiger partial charge in [0.2, 0.25) is 0 Å². The number of carbonyl (C=O) groups is 1. The molecule has 0 aliphatic rings. The molecule has 1 rings (SSSR count). The Morgan fingerprint density at radius 3 is 2.17 bits per heavy atom. The molecule has 18 heavy (non-hydrogen) atoms. The van der Waals surface area contributed by atoms with Crippen LogP contribution in [-0.2, 0) is 10.4 Å². The smallest absolute Gasteiger partial charge is 0.716 e. The maximum atomic E-state index is 11.6. The van der Waals surface area contributed by atoms with Gasteiger partial charge in [0.15, 0.2) is 5.78 Å². The van der Waals surface area contributed by atoms with Gasteiger partial charge in [-0.05, 0) is 38.4 Å². The summed E-state index contributed by atoms with van der Waals surface area (Å²) in [7, 11) is -1.25. The fraction of sp³-hybridized carbons (Fsp3) is 0.300. The van der Waals surface area contributed by atoms with Gasteiger partial charge >= 0.3 is 51.4 Å². The Morgan fingerprint density at radius 2 is 1.78 bits per heavy atom. The van der Waals surface area contributed by atoms with E-state index in [9.17, 15) is 17.8 Å². The number of ketones is 1. The molecule has 0 heterocycles. The van der Waals surface area contributed by atoms with Gasteiger partial charge in [0.1, 0.15) is 5.75 Å². The molecule has 0 saturated heterocycles. The fourth-order valence-electron chi connectivity index (χ4n) is 1.19. The summed E-state index contributed by atoms with van der Waals surface area (Å²) in [5.41, 5.74) is 0.425. The van der Waals surface area contributed by atoms with Gasteiger partial charge in [0, 0.05) is 5.56 Å². The van der Waals surface area contributed by atoms with E-state index in [0.29, 0.717) is 5.56 Å². The monoisotopic (exact) mass is 297 g/mol. The van der Waals surface area contributed by atoms with Crippen molar-refractivity contribution in [2.75, 3.05) is 20.6 Å². The van der Waals surface area contributed by atoms with Crippen molar-refractivity contribution in [3.8, 4) is 5.75 Å². The van der Waals surface area contributed by atoms with Gasteiger partial charge < -0.3 is 13.6 Å². The molecule has 0 fully saturated rings. The van der Waals surface area contributed by atoms with Crippen molar-refractivity contribution in [2.24, 2.45) is 0 Å². The third kappa shape index (κ3) is 6.95. The number of Topliss-reactive ketones (excluding diaryl/α,β-unsaturated/α-hetero) is 1. The Hall–Kier alpha value is 0.196. The second-order valence-electron chi connectivity index (χ2n) is 3.68. The van der Waals surface area contributed by atoms with E-state index in [0.717, 1.165) is 0 Å². The number of rotatable bonds is 5. The first-order chi connectivity index (χ1) is 7.78. The molecule has 0 aromatic heterocycles. The molecule has 0 radical (unpaired) electrons. The Bertz CT molecular complexity index is 498. The molecule has 0 aliphatic carbocycles. The molecule has 0 aliphatic heterocycles. The van der Waals surface area contributed by atoms with E-state index >= 15 is 0 Å². The average molecular weight is 297 g/mol. The van der Waals surface area contributed by atoms with E-state index in [4.69, 9.17) is 0 Å². The van der Waals surface area contributed by atoms with Crippen molar-refractivity contribution < 1.29 is 73.3 Å². The molecule has 0 atom stereocenters. The topological polar surface area (TPSA) is 86.7 Å². The Kier molecular flexibility index (Phi) is 7.79. The van der Waals surface area contributed by atoms with Crippen LogP contribution in [0.5, 0.6) is 5.75 Å². The zero-order chi connectivity index (χ0) is 13.1. The molecule has 0 bridgehead atoms. The minimum atomic E-state index is -4.77. The van der Waals surface area contributed by atoms with Gasteiger partial charge in [-0.2, -0.15) is 0 Å². The predicted octanol–water partition coefficient (Wildman–Crippen LogP) is -2.73. The number of nitrogens with zero attached hydrogens (tertiary/aromatic N) is 1. The fourth-order valence-corrected chi connectivity index (χ4v) is 1.54. The molecule has 94 valence electrons. The minimum absolute atomic E-state index is 0. The van der Waals surface area contributed by atoms with Crippen LogP contribution in [0.2, 0.25) is 0 Å². The Labute approximate surface area is 149 Å². The maximum Gasteiger partial charge on any atom is 1.00 e. The van der Waals surface area contributed by atoms with Gasteiger partial charge in [0.05, 0.1) is 6.54 Å². The molecule has 0 saturated carbocycles. The third-order valence-electron chi connectivity index (χ3n) is 1.83. The van der Waals surface area contributed by atoms with Gasteiger partial charge in [-0.1, -0.05) is 0 Å². The summed E-state index contributed by atoms with van der Waals surface area (Å²) >= 11 is 0. The molecule has 8 heteroatoms. The number of carbonyl (C=O) groups excluding carboxylic acids is 1. The van der Waals surface area contributed by atoms with Crippen LogP contribution in [0, 0.1) is 0 Å². The van der Waals surface area contributed by atoms with Crippen molar-refractivity contribution >= 4 is 16.2 Å². The number of hydrogen-bond acceptors (Lipinski definition) is 6. The maximum absolute atomic E-state index is 11.6. The van der Waals surface area contributed by atoms with Crippen LogP contribution in [0.15, 0.2) is 24.3 Å². The van der Waals surface area contributed by atoms with Crippen molar-refractivity contribution in [2.45, 2.75) is 0 Å². The molecular weight excluding hydrogens is 285 g/mol. The van der Waals surface area contributed by atoms with Gasteiger partial charge in [-0.15, -0.1) is 0 Å². The molecule has 1 aromatic carbocycles. The predicted molar refractivity (Wildman–Crippen MR) is 59.7 cm³/mol. The molecule has 0 spiro atoms. The second-order valence-corrected chi connectivity index (χ2v) is 4.66. The van der Waals surface area contributed by atoms with Crippen molar-refractivity contribution in [1.82, 2.24) is 4.90 Å². The van der Waals surface area contributed by atoms with E-state index in [1.54, 1.807) is 19.0 Å². The van der Waals surface area contributed by atoms with Crippen molar-refractivity contribution in [3.05, 3.63) is 29.8 Å². The standard InChI is InChI=1S/C10H13NO5S.K/c1-11(2)7-10(12)8-3-5-9(6-4-8)16-17(13,14)15;/h3-6H,7H2,1-2H3,(H,13,14,15);/q;+1/p-1.